The minimum Gasteiger partial charge on any atom is -0.464 e. The molecule has 0 heterocycles. The van der Waals surface area contributed by atoms with E-state index in [0.29, 0.717) is 6.61 Å². The van der Waals surface area contributed by atoms with Gasteiger partial charge in [0.05, 0.1) is 6.61 Å². The van der Waals surface area contributed by atoms with Crippen molar-refractivity contribution in [1.29, 1.82) is 0 Å². The van der Waals surface area contributed by atoms with Crippen molar-refractivity contribution >= 4 is 5.97 Å². The second kappa shape index (κ2) is 6.12. The van der Waals surface area contributed by atoms with E-state index in [-0.39, 0.29) is 12.8 Å². The van der Waals surface area contributed by atoms with Gasteiger partial charge in [-0.2, -0.15) is 0 Å². The van der Waals surface area contributed by atoms with Crippen molar-refractivity contribution in [2.75, 3.05) is 20.5 Å². The molecule has 0 N–H and O–H groups in total. The number of hydrogen-bond acceptors (Lipinski definition) is 4. The standard InChI is InChI=1S/C7H14O4/c1-4-10-7(8)6(2)11-5-9-3/h6H,4-5H2,1-3H3/t6-/m0/s1. The predicted molar refractivity (Wildman–Crippen MR) is 39.1 cm³/mol. The molecular formula is C7H14O4. The molecule has 0 unspecified atom stereocenters. The lowest BCUT2D eigenvalue weighted by Crippen LogP contribution is -2.24. The Bertz CT molecular complexity index is 113. The lowest BCUT2D eigenvalue weighted by Gasteiger charge is -2.10. The fraction of sp³-hybridized carbons (Fsp3) is 0.857. The maximum atomic E-state index is 10.8. The van der Waals surface area contributed by atoms with Gasteiger partial charge in [0.25, 0.3) is 0 Å². The van der Waals surface area contributed by atoms with E-state index in [1.807, 2.05) is 0 Å². The third-order valence-electron chi connectivity index (χ3n) is 1.05. The Hall–Kier alpha value is -0.610. The molecule has 0 spiro atoms. The summed E-state index contributed by atoms with van der Waals surface area (Å²) in [5.41, 5.74) is 0. The van der Waals surface area contributed by atoms with Crippen LogP contribution in [-0.4, -0.2) is 32.6 Å². The third-order valence-corrected chi connectivity index (χ3v) is 1.05. The highest BCUT2D eigenvalue weighted by Gasteiger charge is 2.13. The van der Waals surface area contributed by atoms with Gasteiger partial charge in [-0.25, -0.2) is 4.79 Å². The van der Waals surface area contributed by atoms with E-state index in [1.54, 1.807) is 13.8 Å². The number of rotatable bonds is 5. The Kier molecular flexibility index (Phi) is 5.78. The fourth-order valence-corrected chi connectivity index (χ4v) is 0.498. The highest BCUT2D eigenvalue weighted by atomic mass is 16.7. The molecule has 66 valence electrons. The van der Waals surface area contributed by atoms with E-state index in [2.05, 4.69) is 9.47 Å². The Balaban J connectivity index is 3.46. The Morgan fingerprint density at radius 2 is 2.18 bits per heavy atom. The van der Waals surface area contributed by atoms with Gasteiger partial charge in [0, 0.05) is 7.11 Å². The van der Waals surface area contributed by atoms with Crippen LogP contribution in [0.5, 0.6) is 0 Å². The molecule has 4 nitrogen and oxygen atoms in total. The number of hydrogen-bond donors (Lipinski definition) is 0. The summed E-state index contributed by atoms with van der Waals surface area (Å²) in [5, 5.41) is 0. The summed E-state index contributed by atoms with van der Waals surface area (Å²) in [6.45, 7) is 3.86. The molecule has 0 aromatic carbocycles. The predicted octanol–water partition coefficient (Wildman–Crippen LogP) is 0.558. The van der Waals surface area contributed by atoms with Gasteiger partial charge in [-0.1, -0.05) is 0 Å². The third kappa shape index (κ3) is 4.75. The van der Waals surface area contributed by atoms with E-state index < -0.39 is 6.10 Å². The monoisotopic (exact) mass is 162 g/mol. The summed E-state index contributed by atoms with van der Waals surface area (Å²) < 4.78 is 14.2. The quantitative estimate of drug-likeness (QED) is 0.437. The second-order valence-electron chi connectivity index (χ2n) is 1.97. The van der Waals surface area contributed by atoms with Gasteiger partial charge < -0.3 is 14.2 Å². The molecule has 0 saturated carbocycles. The molecule has 0 radical (unpaired) electrons. The van der Waals surface area contributed by atoms with Crippen molar-refractivity contribution in [3.05, 3.63) is 0 Å². The van der Waals surface area contributed by atoms with Gasteiger partial charge in [0.15, 0.2) is 6.10 Å². The van der Waals surface area contributed by atoms with Crippen LogP contribution in [0.2, 0.25) is 0 Å². The van der Waals surface area contributed by atoms with Crippen LogP contribution in [0.1, 0.15) is 13.8 Å². The van der Waals surface area contributed by atoms with Gasteiger partial charge in [0.1, 0.15) is 6.79 Å². The molecular weight excluding hydrogens is 148 g/mol. The lowest BCUT2D eigenvalue weighted by atomic mass is 10.4. The maximum absolute atomic E-state index is 10.8. The van der Waals surface area contributed by atoms with Crippen LogP contribution >= 0.6 is 0 Å². The number of carbonyl (C=O) groups excluding carboxylic acids is 1. The van der Waals surface area contributed by atoms with E-state index in [1.165, 1.54) is 7.11 Å². The van der Waals surface area contributed by atoms with E-state index in [4.69, 9.17) is 4.74 Å². The van der Waals surface area contributed by atoms with Gasteiger partial charge in [0.2, 0.25) is 0 Å². The van der Waals surface area contributed by atoms with Crippen LogP contribution in [0, 0.1) is 0 Å². The summed E-state index contributed by atoms with van der Waals surface area (Å²) in [6.07, 6.45) is -0.546. The Labute approximate surface area is 66.4 Å². The van der Waals surface area contributed by atoms with E-state index >= 15 is 0 Å². The summed E-state index contributed by atoms with van der Waals surface area (Å²) in [6, 6.07) is 0. The molecule has 0 saturated heterocycles. The van der Waals surface area contributed by atoms with Crippen molar-refractivity contribution in [2.45, 2.75) is 20.0 Å². The summed E-state index contributed by atoms with van der Waals surface area (Å²) in [4.78, 5) is 10.8. The highest BCUT2D eigenvalue weighted by molar-refractivity contribution is 5.74. The van der Waals surface area contributed by atoms with Crippen LogP contribution in [-0.2, 0) is 19.0 Å². The number of methoxy groups -OCH3 is 1. The zero-order valence-electron chi connectivity index (χ0n) is 7.12. The number of ether oxygens (including phenoxy) is 3. The molecule has 0 aromatic rings. The smallest absolute Gasteiger partial charge is 0.335 e. The minimum absolute atomic E-state index is 0.111. The molecule has 4 heteroatoms. The molecule has 11 heavy (non-hydrogen) atoms. The summed E-state index contributed by atoms with van der Waals surface area (Å²) >= 11 is 0. The highest BCUT2D eigenvalue weighted by Crippen LogP contribution is 1.93. The largest absolute Gasteiger partial charge is 0.464 e. The second-order valence-corrected chi connectivity index (χ2v) is 1.97. The fourth-order valence-electron chi connectivity index (χ4n) is 0.498. The van der Waals surface area contributed by atoms with Crippen molar-refractivity contribution in [1.82, 2.24) is 0 Å². The van der Waals surface area contributed by atoms with E-state index in [0.717, 1.165) is 0 Å². The molecule has 0 amide bonds. The molecule has 0 aromatic heterocycles. The first kappa shape index (κ1) is 10.4. The van der Waals surface area contributed by atoms with Crippen molar-refractivity contribution in [3.8, 4) is 0 Å². The van der Waals surface area contributed by atoms with Crippen molar-refractivity contribution in [2.24, 2.45) is 0 Å². The number of carbonyl (C=O) groups is 1. The van der Waals surface area contributed by atoms with Crippen LogP contribution in [0.25, 0.3) is 0 Å². The van der Waals surface area contributed by atoms with E-state index in [9.17, 15) is 4.79 Å². The molecule has 0 aliphatic rings. The van der Waals surface area contributed by atoms with Crippen LogP contribution in [0.15, 0.2) is 0 Å². The topological polar surface area (TPSA) is 44.8 Å². The molecule has 0 aliphatic heterocycles. The average Bonchev–Trinajstić information content (AvgIpc) is 2.00. The first-order chi connectivity index (χ1) is 5.22. The van der Waals surface area contributed by atoms with Gasteiger partial charge >= 0.3 is 5.97 Å². The van der Waals surface area contributed by atoms with Crippen molar-refractivity contribution < 1.29 is 19.0 Å². The molecule has 0 fully saturated rings. The normalized spacial score (nSPS) is 12.6. The zero-order chi connectivity index (χ0) is 8.69. The van der Waals surface area contributed by atoms with Crippen LogP contribution in [0.4, 0.5) is 0 Å². The minimum atomic E-state index is -0.546. The summed E-state index contributed by atoms with van der Waals surface area (Å²) in [7, 11) is 1.50. The van der Waals surface area contributed by atoms with Crippen LogP contribution < -0.4 is 0 Å². The average molecular weight is 162 g/mol. The number of esters is 1. The first-order valence-electron chi connectivity index (χ1n) is 3.49. The Morgan fingerprint density at radius 3 is 2.64 bits per heavy atom. The molecule has 0 rings (SSSR count). The van der Waals surface area contributed by atoms with Gasteiger partial charge in [-0.05, 0) is 13.8 Å². The first-order valence-corrected chi connectivity index (χ1v) is 3.49. The molecule has 0 bridgehead atoms. The Morgan fingerprint density at radius 1 is 1.55 bits per heavy atom. The maximum Gasteiger partial charge on any atom is 0.335 e. The molecule has 1 atom stereocenters. The van der Waals surface area contributed by atoms with Crippen molar-refractivity contribution in [3.63, 3.8) is 0 Å². The SMILES string of the molecule is CCOC(=O)[C@H](C)OCOC. The van der Waals surface area contributed by atoms with Crippen LogP contribution in [0.3, 0.4) is 0 Å². The summed E-state index contributed by atoms with van der Waals surface area (Å²) in [5.74, 6) is -0.357. The van der Waals surface area contributed by atoms with Gasteiger partial charge in [-0.3, -0.25) is 0 Å². The van der Waals surface area contributed by atoms with Gasteiger partial charge in [-0.15, -0.1) is 0 Å². The zero-order valence-corrected chi connectivity index (χ0v) is 7.12. The lowest BCUT2D eigenvalue weighted by molar-refractivity contribution is -0.162. The molecule has 0 aliphatic carbocycles.